The quantitative estimate of drug-likeness (QED) is 0.0812. The number of hydrogen-bond donors (Lipinski definition) is 4. The van der Waals surface area contributed by atoms with Gasteiger partial charge in [-0.3, -0.25) is 23.9 Å². The Morgan fingerprint density at radius 1 is 0.310 bits per heavy atom. The highest BCUT2D eigenvalue weighted by Crippen LogP contribution is 2.70. The highest BCUT2D eigenvalue weighted by atomic mass is 16.3. The fourth-order valence-corrected chi connectivity index (χ4v) is 33.6. The molecule has 16 aliphatic carbocycles. The van der Waals surface area contributed by atoms with Crippen LogP contribution in [0.5, 0.6) is 0 Å². The molecule has 116 heavy (non-hydrogen) atoms. The lowest BCUT2D eigenvalue weighted by molar-refractivity contribution is -0.134. The summed E-state index contributed by atoms with van der Waals surface area (Å²) < 4.78 is 3.49. The molecule has 16 saturated carbocycles. The van der Waals surface area contributed by atoms with Crippen molar-refractivity contribution in [3.8, 4) is 0 Å². The van der Waals surface area contributed by atoms with Crippen LogP contribution in [0.1, 0.15) is 312 Å². The van der Waals surface area contributed by atoms with Gasteiger partial charge in [-0.05, 0) is 408 Å². The molecule has 0 aliphatic heterocycles. The first kappa shape index (κ1) is 83.3. The summed E-state index contributed by atoms with van der Waals surface area (Å²) in [6.45, 7) is 19.7. The lowest BCUT2D eigenvalue weighted by Gasteiger charge is -2.57. The van der Waals surface area contributed by atoms with Crippen LogP contribution in [0.2, 0.25) is 0 Å². The number of hydrogen-bond acceptors (Lipinski definition) is 16. The Bertz CT molecular complexity index is 3500. The van der Waals surface area contributed by atoms with Gasteiger partial charge in [0.2, 0.25) is 0 Å². The zero-order valence-electron chi connectivity index (χ0n) is 72.4. The van der Waals surface area contributed by atoms with Crippen LogP contribution < -0.4 is 0 Å². The highest BCUT2D eigenvalue weighted by molar-refractivity contribution is 5.83. The lowest BCUT2D eigenvalue weighted by Crippen LogP contribution is -2.51. The van der Waals surface area contributed by atoms with Gasteiger partial charge < -0.3 is 20.4 Å². The van der Waals surface area contributed by atoms with Gasteiger partial charge in [-0.2, -0.15) is 24.9 Å². The molecule has 20 nitrogen and oxygen atoms in total. The Morgan fingerprint density at radius 2 is 0.638 bits per heavy atom. The molecule has 0 aromatic carbocycles. The number of fused-ring (bicyclic) bond motifs is 20. The van der Waals surface area contributed by atoms with E-state index >= 15 is 0 Å². The van der Waals surface area contributed by atoms with Crippen molar-refractivity contribution in [3.05, 3.63) is 49.6 Å². The fraction of sp³-hybridized carbons (Fsp3) is 0.875. The number of ketones is 4. The van der Waals surface area contributed by atoms with Crippen molar-refractivity contribution in [3.63, 3.8) is 0 Å². The number of aromatic nitrogens is 12. The monoisotopic (exact) mass is 1600 g/mol. The molecule has 0 amide bonds. The molecule has 20 rings (SSSR count). The summed E-state index contributed by atoms with van der Waals surface area (Å²) in [5, 5.41) is 75.5. The fourth-order valence-electron chi connectivity index (χ4n) is 33.6. The molecule has 0 bridgehead atoms. The number of carbonyl (C=O) groups excluding carboxylic acids is 4. The van der Waals surface area contributed by atoms with Gasteiger partial charge in [0.1, 0.15) is 19.6 Å². The summed E-state index contributed by atoms with van der Waals surface area (Å²) in [5.41, 5.74) is -0.929. The van der Waals surface area contributed by atoms with E-state index in [4.69, 9.17) is 0 Å². The molecule has 4 aromatic heterocycles. The van der Waals surface area contributed by atoms with E-state index < -0.39 is 22.4 Å². The van der Waals surface area contributed by atoms with Gasteiger partial charge in [-0.1, -0.05) is 60.6 Å². The third-order valence-electron chi connectivity index (χ3n) is 39.7. The Morgan fingerprint density at radius 3 is 0.940 bits per heavy atom. The molecule has 0 spiro atoms. The lowest BCUT2D eigenvalue weighted by atomic mass is 9.48. The number of tetrazole rings is 1. The summed E-state index contributed by atoms with van der Waals surface area (Å²) in [5.74, 6) is 17.6. The number of aliphatic hydroxyl groups is 4. The second-order valence-electron chi connectivity index (χ2n) is 43.9. The number of carbonyl (C=O) groups is 4. The average Bonchev–Trinajstić information content (AvgIpc) is 1.53. The third-order valence-corrected chi connectivity index (χ3v) is 39.7. The van der Waals surface area contributed by atoms with Gasteiger partial charge in [-0.25, -0.2) is 4.68 Å². The Labute approximate surface area is 693 Å². The van der Waals surface area contributed by atoms with Gasteiger partial charge >= 0.3 is 0 Å². The Balaban J connectivity index is 0.000000111. The van der Waals surface area contributed by atoms with Gasteiger partial charge in [-0.15, -0.1) is 15.3 Å². The minimum atomic E-state index is -0.405. The average molecular weight is 1600 g/mol. The van der Waals surface area contributed by atoms with E-state index in [1.54, 1.807) is 45.1 Å². The maximum absolute atomic E-state index is 13.2. The Kier molecular flexibility index (Phi) is 23.7. The van der Waals surface area contributed by atoms with Crippen LogP contribution in [0.3, 0.4) is 0 Å². The standard InChI is InChI=1S/C25H38N2O2.2C24H37N3O2.C23H36N4O2/c1-3-25(29)12-10-18-17(15-25)5-6-20-19(18)9-11-24(2)21(20)7-8-22(24)23(28)16-27-14-4-13-26-27;1-3-24(29)11-9-17-16(14-24)4-5-19-18(17)8-10-23(2)20(19)6-7-21(23)22(28)15-27-13-12-25-26-27;1-3-24(29)11-9-17-16(14-24)4-5-19-18(17)8-10-23(2)20(19)6-7-21(23)22(28)15-27-25-12-13-26-27;1-3-23(29)11-9-16-15(12-23)4-5-18-17(16)8-10-22(2)19(18)6-7-20(22)21(28)13-27-25-14-24-26-27/h4,13-14,17-22,29H,3,5-12,15-16H2,1-2H3;2*12-13,16-21,29H,3-11,14-15H2,1-2H3;14-20,29H,3-13H2,1-2H3/t17-,18+,19-,20-,21+,22-,24+,25-;2*16-,17+,18-,19-,20+,21-,23+,24-;15-,16+,17-,18-,19+,20-,22+,23-/m1111/s1. The highest BCUT2D eigenvalue weighted by Gasteiger charge is 2.64. The van der Waals surface area contributed by atoms with Gasteiger partial charge in [0.05, 0.1) is 47.5 Å². The summed E-state index contributed by atoms with van der Waals surface area (Å²) in [6.07, 6.45) is 57.8. The van der Waals surface area contributed by atoms with E-state index in [0.29, 0.717) is 60.5 Å². The second kappa shape index (κ2) is 33.0. The van der Waals surface area contributed by atoms with Gasteiger partial charge in [0, 0.05) is 42.3 Å². The molecule has 4 aromatic rings. The molecule has 640 valence electrons. The molecule has 16 fully saturated rings. The summed E-state index contributed by atoms with van der Waals surface area (Å²) in [4.78, 5) is 55.6. The van der Waals surface area contributed by atoms with E-state index in [0.717, 1.165) is 203 Å². The van der Waals surface area contributed by atoms with Crippen LogP contribution in [0, 0.1) is 164 Å². The van der Waals surface area contributed by atoms with E-state index in [9.17, 15) is 39.6 Å². The predicted molar refractivity (Wildman–Crippen MR) is 443 cm³/mol. The molecule has 4 N–H and O–H groups in total. The van der Waals surface area contributed by atoms with E-state index in [1.807, 2.05) is 12.3 Å². The second-order valence-corrected chi connectivity index (χ2v) is 43.9. The minimum absolute atomic E-state index is 0.143. The van der Waals surface area contributed by atoms with Crippen molar-refractivity contribution in [2.45, 2.75) is 361 Å². The largest absolute Gasteiger partial charge is 0.390 e. The number of rotatable bonds is 16. The topological polar surface area (TPSA) is 272 Å². The third kappa shape index (κ3) is 15.5. The smallest absolute Gasteiger partial charge is 0.162 e. The van der Waals surface area contributed by atoms with Crippen molar-refractivity contribution in [1.82, 2.24) is 60.0 Å². The predicted octanol–water partition coefficient (Wildman–Crippen LogP) is 17.0. The van der Waals surface area contributed by atoms with E-state index in [-0.39, 0.29) is 51.9 Å². The van der Waals surface area contributed by atoms with Crippen molar-refractivity contribution in [1.29, 1.82) is 0 Å². The van der Waals surface area contributed by atoms with Gasteiger partial charge in [0.25, 0.3) is 0 Å². The molecule has 0 saturated heterocycles. The van der Waals surface area contributed by atoms with Crippen LogP contribution >= 0.6 is 0 Å². The van der Waals surface area contributed by atoms with Crippen molar-refractivity contribution in [2.24, 2.45) is 164 Å². The van der Waals surface area contributed by atoms with Crippen LogP contribution in [0.4, 0.5) is 0 Å². The van der Waals surface area contributed by atoms with Crippen LogP contribution in [0.15, 0.2) is 49.6 Å². The molecular weight excluding hydrogens is 1450 g/mol. The van der Waals surface area contributed by atoms with Crippen molar-refractivity contribution in [2.75, 3.05) is 0 Å². The summed E-state index contributed by atoms with van der Waals surface area (Å²) in [6, 6.07) is 1.90. The first-order chi connectivity index (χ1) is 55.7. The molecule has 4 heterocycles. The summed E-state index contributed by atoms with van der Waals surface area (Å²) in [7, 11) is 0. The molecule has 0 unspecified atom stereocenters. The zero-order valence-corrected chi connectivity index (χ0v) is 72.4. The first-order valence-electron chi connectivity index (χ1n) is 48.1. The van der Waals surface area contributed by atoms with Crippen LogP contribution in [-0.4, -0.2) is 126 Å². The molecule has 20 heteroatoms. The van der Waals surface area contributed by atoms with Crippen molar-refractivity contribution < 1.29 is 39.6 Å². The first-order valence-corrected chi connectivity index (χ1v) is 48.1. The van der Waals surface area contributed by atoms with Crippen molar-refractivity contribution >= 4 is 23.1 Å². The SMILES string of the molecule is CC[C@@]1(O)CC[C@H]2[C@H](CC[C@@H]3[C@@H]2CC[C@]2(C)[C@@H](C(=O)Cn4cccn4)CC[C@@H]32)C1.CC[C@@]1(O)CC[C@H]2[C@H](CC[C@@H]3[C@@H]2CC[C@]2(C)[C@@H](C(=O)Cn4ccnn4)CC[C@@H]32)C1.CC[C@@]1(O)CC[C@H]2[C@H](CC[C@@H]3[C@@H]2CC[C@]2(C)[C@@H](C(=O)Cn4nccn4)CC[C@@H]32)C1.CC[C@@]1(O)CC[C@H]2[C@H](CC[C@@H]3[C@@H]2CC[C@]2(C)[C@@H](C(=O)Cn4ncnn4)CC[C@@H]32)C1. The molecule has 16 aliphatic rings. The van der Waals surface area contributed by atoms with Crippen LogP contribution in [-0.2, 0) is 45.4 Å². The minimum Gasteiger partial charge on any atom is -0.390 e. The van der Waals surface area contributed by atoms with Crippen LogP contribution in [0.25, 0.3) is 0 Å². The van der Waals surface area contributed by atoms with Gasteiger partial charge in [0.15, 0.2) is 29.5 Å². The number of Topliss-reactive ketones (excluding diaryl/α,β-unsaturated/α-hetero) is 4. The number of nitrogens with zero attached hydrogens (tertiary/aromatic N) is 12. The van der Waals surface area contributed by atoms with E-state index in [2.05, 4.69) is 96.4 Å². The summed E-state index contributed by atoms with van der Waals surface area (Å²) >= 11 is 0. The zero-order chi connectivity index (χ0) is 80.9. The maximum atomic E-state index is 13.2. The molecule has 32 atom stereocenters. The molecule has 0 radical (unpaired) electrons. The van der Waals surface area contributed by atoms with E-state index in [1.165, 1.54) is 165 Å². The normalized spacial score (nSPS) is 46.6. The Hall–Kier alpha value is -4.92. The molecular formula is C96H148N12O8. The maximum Gasteiger partial charge on any atom is 0.162 e.